The lowest BCUT2D eigenvalue weighted by Crippen LogP contribution is -2.40. The van der Waals surface area contributed by atoms with Crippen LogP contribution in [0.15, 0.2) is 12.1 Å². The zero-order valence-corrected chi connectivity index (χ0v) is 10.8. The maximum Gasteiger partial charge on any atom is 0.271 e. The summed E-state index contributed by atoms with van der Waals surface area (Å²) in [5, 5.41) is 10.5. The van der Waals surface area contributed by atoms with E-state index in [1.54, 1.807) is 13.1 Å². The number of anilines is 1. The Balaban J connectivity index is 2.10. The number of amides is 1. The van der Waals surface area contributed by atoms with E-state index in [2.05, 4.69) is 20.4 Å². The SMILES string of the molecule is CNC(=O)c1ccc(N(C)C(CN)C2CC2)nn1. The first kappa shape index (κ1) is 12.8. The Bertz CT molecular complexity index is 415. The molecule has 1 aromatic rings. The summed E-state index contributed by atoms with van der Waals surface area (Å²) < 4.78 is 0. The standard InChI is InChI=1S/C12H19N5O/c1-14-12(18)9-5-6-11(16-15-9)17(2)10(7-13)8-3-4-8/h5-6,8,10H,3-4,7,13H2,1-2H3,(H,14,18). The van der Waals surface area contributed by atoms with Crippen molar-refractivity contribution in [2.75, 3.05) is 25.5 Å². The summed E-state index contributed by atoms with van der Waals surface area (Å²) >= 11 is 0. The second-order valence-corrected chi connectivity index (χ2v) is 4.61. The lowest BCUT2D eigenvalue weighted by Gasteiger charge is -2.27. The number of nitrogens with two attached hydrogens (primary N) is 1. The maximum absolute atomic E-state index is 11.4. The zero-order chi connectivity index (χ0) is 13.1. The summed E-state index contributed by atoms with van der Waals surface area (Å²) in [5.41, 5.74) is 6.12. The molecule has 98 valence electrons. The Kier molecular flexibility index (Phi) is 3.76. The van der Waals surface area contributed by atoms with Crippen LogP contribution in [0.1, 0.15) is 23.3 Å². The van der Waals surface area contributed by atoms with Crippen molar-refractivity contribution in [2.24, 2.45) is 11.7 Å². The van der Waals surface area contributed by atoms with Gasteiger partial charge in [0.05, 0.1) is 0 Å². The molecule has 3 N–H and O–H groups in total. The molecule has 0 spiro atoms. The normalized spacial score (nSPS) is 16.2. The molecule has 6 heteroatoms. The molecular formula is C12H19N5O. The number of likely N-dealkylation sites (N-methyl/N-ethyl adjacent to an activating group) is 1. The number of nitrogens with one attached hydrogen (secondary N) is 1. The highest BCUT2D eigenvalue weighted by atomic mass is 16.1. The summed E-state index contributed by atoms with van der Waals surface area (Å²) in [4.78, 5) is 13.4. The van der Waals surface area contributed by atoms with E-state index in [4.69, 9.17) is 5.73 Å². The average molecular weight is 249 g/mol. The van der Waals surface area contributed by atoms with Gasteiger partial charge in [-0.3, -0.25) is 4.79 Å². The highest BCUT2D eigenvalue weighted by molar-refractivity contribution is 5.91. The van der Waals surface area contributed by atoms with E-state index in [9.17, 15) is 4.79 Å². The van der Waals surface area contributed by atoms with Crippen molar-refractivity contribution < 1.29 is 4.79 Å². The van der Waals surface area contributed by atoms with Crippen LogP contribution in [0.25, 0.3) is 0 Å². The summed E-state index contributed by atoms with van der Waals surface area (Å²) in [6, 6.07) is 3.80. The number of rotatable bonds is 5. The Morgan fingerprint density at radius 2 is 2.28 bits per heavy atom. The molecule has 0 radical (unpaired) electrons. The average Bonchev–Trinajstić information content (AvgIpc) is 3.23. The van der Waals surface area contributed by atoms with Crippen LogP contribution in [-0.4, -0.2) is 42.8 Å². The van der Waals surface area contributed by atoms with Gasteiger partial charge in [-0.1, -0.05) is 0 Å². The number of aromatic nitrogens is 2. The van der Waals surface area contributed by atoms with E-state index in [-0.39, 0.29) is 5.91 Å². The summed E-state index contributed by atoms with van der Waals surface area (Å²) in [6.45, 7) is 0.611. The molecule has 1 heterocycles. The number of carbonyl (C=O) groups excluding carboxylic acids is 1. The van der Waals surface area contributed by atoms with Crippen LogP contribution in [-0.2, 0) is 0 Å². The molecule has 0 aliphatic heterocycles. The predicted octanol–water partition coefficient (Wildman–Crippen LogP) is 0.00970. The zero-order valence-electron chi connectivity index (χ0n) is 10.8. The molecule has 1 amide bonds. The van der Waals surface area contributed by atoms with Gasteiger partial charge in [0.1, 0.15) is 0 Å². The molecule has 6 nitrogen and oxygen atoms in total. The summed E-state index contributed by atoms with van der Waals surface area (Å²) in [5.74, 6) is 1.19. The Morgan fingerprint density at radius 3 is 2.72 bits per heavy atom. The lowest BCUT2D eigenvalue weighted by atomic mass is 10.1. The molecule has 0 aromatic carbocycles. The molecule has 18 heavy (non-hydrogen) atoms. The molecule has 1 aromatic heterocycles. The van der Waals surface area contributed by atoms with Crippen LogP contribution in [0.2, 0.25) is 0 Å². The van der Waals surface area contributed by atoms with Crippen molar-refractivity contribution in [3.05, 3.63) is 17.8 Å². The van der Waals surface area contributed by atoms with Gasteiger partial charge in [-0.25, -0.2) is 0 Å². The number of hydrogen-bond acceptors (Lipinski definition) is 5. The van der Waals surface area contributed by atoms with Crippen LogP contribution < -0.4 is 16.0 Å². The third-order valence-electron chi connectivity index (χ3n) is 3.38. The number of carbonyl (C=O) groups is 1. The topological polar surface area (TPSA) is 84.1 Å². The van der Waals surface area contributed by atoms with Gasteiger partial charge in [-0.15, -0.1) is 10.2 Å². The van der Waals surface area contributed by atoms with Crippen molar-refractivity contribution in [1.82, 2.24) is 15.5 Å². The van der Waals surface area contributed by atoms with Crippen LogP contribution in [0.3, 0.4) is 0 Å². The van der Waals surface area contributed by atoms with Crippen molar-refractivity contribution in [3.63, 3.8) is 0 Å². The van der Waals surface area contributed by atoms with E-state index in [1.807, 2.05) is 13.1 Å². The van der Waals surface area contributed by atoms with E-state index in [1.165, 1.54) is 12.8 Å². The van der Waals surface area contributed by atoms with E-state index in [0.717, 1.165) is 5.82 Å². The van der Waals surface area contributed by atoms with E-state index in [0.29, 0.717) is 24.2 Å². The fourth-order valence-electron chi connectivity index (χ4n) is 2.08. The Morgan fingerprint density at radius 1 is 1.56 bits per heavy atom. The largest absolute Gasteiger partial charge is 0.354 e. The first-order valence-corrected chi connectivity index (χ1v) is 6.16. The van der Waals surface area contributed by atoms with Gasteiger partial charge in [0.25, 0.3) is 5.91 Å². The smallest absolute Gasteiger partial charge is 0.271 e. The van der Waals surface area contributed by atoms with Crippen LogP contribution >= 0.6 is 0 Å². The predicted molar refractivity (Wildman–Crippen MR) is 69.4 cm³/mol. The van der Waals surface area contributed by atoms with Crippen molar-refractivity contribution >= 4 is 11.7 Å². The van der Waals surface area contributed by atoms with Crippen LogP contribution in [0, 0.1) is 5.92 Å². The monoisotopic (exact) mass is 249 g/mol. The first-order chi connectivity index (χ1) is 8.67. The van der Waals surface area contributed by atoms with Gasteiger partial charge in [0, 0.05) is 26.7 Å². The highest BCUT2D eigenvalue weighted by Crippen LogP contribution is 2.35. The third kappa shape index (κ3) is 2.59. The fraction of sp³-hybridized carbons (Fsp3) is 0.583. The van der Waals surface area contributed by atoms with Crippen molar-refractivity contribution in [1.29, 1.82) is 0 Å². The van der Waals surface area contributed by atoms with Gasteiger partial charge in [-0.05, 0) is 30.9 Å². The minimum atomic E-state index is -0.228. The maximum atomic E-state index is 11.4. The quantitative estimate of drug-likeness (QED) is 0.768. The molecule has 0 saturated heterocycles. The van der Waals surface area contributed by atoms with Gasteiger partial charge < -0.3 is 16.0 Å². The van der Waals surface area contributed by atoms with Gasteiger partial charge in [0.2, 0.25) is 0 Å². The third-order valence-corrected chi connectivity index (χ3v) is 3.38. The summed E-state index contributed by atoms with van der Waals surface area (Å²) in [6.07, 6.45) is 2.46. The molecule has 2 rings (SSSR count). The molecule has 1 atom stereocenters. The molecular weight excluding hydrogens is 230 g/mol. The lowest BCUT2D eigenvalue weighted by molar-refractivity contribution is 0.0957. The van der Waals surface area contributed by atoms with E-state index >= 15 is 0 Å². The van der Waals surface area contributed by atoms with Crippen LogP contribution in [0.4, 0.5) is 5.82 Å². The van der Waals surface area contributed by atoms with Gasteiger partial charge >= 0.3 is 0 Å². The highest BCUT2D eigenvalue weighted by Gasteiger charge is 2.33. The number of nitrogens with zero attached hydrogens (tertiary/aromatic N) is 3. The minimum absolute atomic E-state index is 0.228. The molecule has 1 aliphatic rings. The Hall–Kier alpha value is -1.69. The second-order valence-electron chi connectivity index (χ2n) is 4.61. The second kappa shape index (κ2) is 5.30. The molecule has 0 bridgehead atoms. The molecule has 1 unspecified atom stereocenters. The number of hydrogen-bond donors (Lipinski definition) is 2. The first-order valence-electron chi connectivity index (χ1n) is 6.16. The van der Waals surface area contributed by atoms with Crippen molar-refractivity contribution in [3.8, 4) is 0 Å². The summed E-state index contributed by atoms with van der Waals surface area (Å²) in [7, 11) is 3.54. The van der Waals surface area contributed by atoms with E-state index < -0.39 is 0 Å². The molecule has 1 fully saturated rings. The van der Waals surface area contributed by atoms with Crippen LogP contribution in [0.5, 0.6) is 0 Å². The van der Waals surface area contributed by atoms with Gasteiger partial charge in [0.15, 0.2) is 11.5 Å². The Labute approximate surface area is 107 Å². The molecule has 1 aliphatic carbocycles. The minimum Gasteiger partial charge on any atom is -0.354 e. The van der Waals surface area contributed by atoms with Crippen molar-refractivity contribution in [2.45, 2.75) is 18.9 Å². The molecule has 1 saturated carbocycles. The fourth-order valence-corrected chi connectivity index (χ4v) is 2.08. The van der Waals surface area contributed by atoms with Gasteiger partial charge in [-0.2, -0.15) is 0 Å².